The van der Waals surface area contributed by atoms with Crippen molar-refractivity contribution in [2.24, 2.45) is 0 Å². The molecule has 0 aliphatic carbocycles. The lowest BCUT2D eigenvalue weighted by Gasteiger charge is -2.12. The first-order valence-corrected chi connectivity index (χ1v) is 5.52. The minimum Gasteiger partial charge on any atom is -0.398 e. The number of nitrogen functional groups attached to an aromatic ring is 1. The van der Waals surface area contributed by atoms with Crippen molar-refractivity contribution in [2.75, 3.05) is 5.73 Å². The summed E-state index contributed by atoms with van der Waals surface area (Å²) in [5.74, 6) is 0. The van der Waals surface area contributed by atoms with E-state index in [9.17, 15) is 0 Å². The third kappa shape index (κ3) is 1.81. The largest absolute Gasteiger partial charge is 0.398 e. The third-order valence-corrected chi connectivity index (χ3v) is 3.06. The summed E-state index contributed by atoms with van der Waals surface area (Å²) in [7, 11) is 0. The number of rotatable bonds is 1. The average molecular weight is 211 g/mol. The van der Waals surface area contributed by atoms with Gasteiger partial charge in [0.25, 0.3) is 0 Å². The van der Waals surface area contributed by atoms with Crippen molar-refractivity contribution in [3.8, 4) is 11.1 Å². The molecular weight excluding hydrogens is 194 g/mol. The molecule has 0 unspecified atom stereocenters. The zero-order chi connectivity index (χ0) is 11.7. The second kappa shape index (κ2) is 4.01. The van der Waals surface area contributed by atoms with Gasteiger partial charge in [0.15, 0.2) is 0 Å². The molecule has 1 nitrogen and oxygen atoms in total. The van der Waals surface area contributed by atoms with Crippen LogP contribution in [0.2, 0.25) is 0 Å². The van der Waals surface area contributed by atoms with Crippen LogP contribution in [0.25, 0.3) is 11.1 Å². The summed E-state index contributed by atoms with van der Waals surface area (Å²) in [6, 6.07) is 12.4. The number of hydrogen-bond donors (Lipinski definition) is 1. The highest BCUT2D eigenvalue weighted by atomic mass is 14.6. The van der Waals surface area contributed by atoms with Crippen LogP contribution in [0.15, 0.2) is 36.4 Å². The molecule has 2 aromatic rings. The smallest absolute Gasteiger partial charge is 0.0393 e. The molecule has 0 aliphatic heterocycles. The third-order valence-electron chi connectivity index (χ3n) is 3.06. The number of benzene rings is 2. The first-order valence-electron chi connectivity index (χ1n) is 5.52. The lowest BCUT2D eigenvalue weighted by molar-refractivity contribution is 1.30. The zero-order valence-electron chi connectivity index (χ0n) is 10.0. The predicted molar refractivity (Wildman–Crippen MR) is 70.5 cm³/mol. The summed E-state index contributed by atoms with van der Waals surface area (Å²) in [6.07, 6.45) is 0. The molecule has 2 aromatic carbocycles. The highest BCUT2D eigenvalue weighted by molar-refractivity contribution is 5.79. The van der Waals surface area contributed by atoms with Gasteiger partial charge < -0.3 is 5.73 Å². The zero-order valence-corrected chi connectivity index (χ0v) is 10.0. The maximum Gasteiger partial charge on any atom is 0.0393 e. The van der Waals surface area contributed by atoms with Crippen molar-refractivity contribution in [3.63, 3.8) is 0 Å². The second-order valence-electron chi connectivity index (χ2n) is 4.34. The van der Waals surface area contributed by atoms with Gasteiger partial charge in [0.2, 0.25) is 0 Å². The van der Waals surface area contributed by atoms with E-state index in [-0.39, 0.29) is 0 Å². The second-order valence-corrected chi connectivity index (χ2v) is 4.34. The monoisotopic (exact) mass is 211 g/mol. The molecule has 0 atom stereocenters. The Morgan fingerprint density at radius 1 is 0.875 bits per heavy atom. The SMILES string of the molecule is Cc1cc(C)c(C)c(-c2ccccc2N)c1. The Balaban J connectivity index is 2.69. The summed E-state index contributed by atoms with van der Waals surface area (Å²) in [6.45, 7) is 6.41. The van der Waals surface area contributed by atoms with E-state index in [0.717, 1.165) is 11.3 Å². The number of para-hydroxylation sites is 1. The number of hydrogen-bond acceptors (Lipinski definition) is 1. The molecule has 0 radical (unpaired) electrons. The highest BCUT2D eigenvalue weighted by Gasteiger charge is 2.07. The van der Waals surface area contributed by atoms with Crippen molar-refractivity contribution in [2.45, 2.75) is 20.8 Å². The standard InChI is InChI=1S/C15H17N/c1-10-8-11(2)12(3)14(9-10)13-6-4-5-7-15(13)16/h4-9H,16H2,1-3H3. The molecule has 0 spiro atoms. The molecule has 0 heterocycles. The van der Waals surface area contributed by atoms with Crippen LogP contribution in [-0.2, 0) is 0 Å². The quantitative estimate of drug-likeness (QED) is 0.712. The van der Waals surface area contributed by atoms with Gasteiger partial charge in [-0.05, 0) is 43.5 Å². The van der Waals surface area contributed by atoms with Crippen molar-refractivity contribution in [1.29, 1.82) is 0 Å². The van der Waals surface area contributed by atoms with Gasteiger partial charge in [-0.2, -0.15) is 0 Å². The Hall–Kier alpha value is -1.76. The van der Waals surface area contributed by atoms with E-state index in [1.807, 2.05) is 18.2 Å². The van der Waals surface area contributed by atoms with E-state index < -0.39 is 0 Å². The lowest BCUT2D eigenvalue weighted by Crippen LogP contribution is -1.94. The van der Waals surface area contributed by atoms with E-state index in [1.54, 1.807) is 0 Å². The Kier molecular flexibility index (Phi) is 2.69. The van der Waals surface area contributed by atoms with Crippen LogP contribution < -0.4 is 5.73 Å². The highest BCUT2D eigenvalue weighted by Crippen LogP contribution is 2.30. The van der Waals surface area contributed by atoms with Crippen LogP contribution in [0.3, 0.4) is 0 Å². The van der Waals surface area contributed by atoms with E-state index in [4.69, 9.17) is 5.73 Å². The van der Waals surface area contributed by atoms with Crippen LogP contribution in [0.4, 0.5) is 5.69 Å². The fraction of sp³-hybridized carbons (Fsp3) is 0.200. The molecule has 0 fully saturated rings. The van der Waals surface area contributed by atoms with Gasteiger partial charge in [0.1, 0.15) is 0 Å². The molecule has 82 valence electrons. The molecule has 0 aliphatic rings. The van der Waals surface area contributed by atoms with Crippen molar-refractivity contribution < 1.29 is 0 Å². The van der Waals surface area contributed by atoms with Gasteiger partial charge in [-0.25, -0.2) is 0 Å². The Morgan fingerprint density at radius 2 is 1.56 bits per heavy atom. The van der Waals surface area contributed by atoms with Crippen LogP contribution in [0.5, 0.6) is 0 Å². The van der Waals surface area contributed by atoms with Crippen molar-refractivity contribution in [1.82, 2.24) is 0 Å². The Morgan fingerprint density at radius 3 is 2.25 bits per heavy atom. The van der Waals surface area contributed by atoms with Gasteiger partial charge in [0.05, 0.1) is 0 Å². The van der Waals surface area contributed by atoms with Crippen LogP contribution in [0.1, 0.15) is 16.7 Å². The lowest BCUT2D eigenvalue weighted by atomic mass is 9.94. The van der Waals surface area contributed by atoms with Gasteiger partial charge in [-0.3, -0.25) is 0 Å². The van der Waals surface area contributed by atoms with Crippen LogP contribution >= 0.6 is 0 Å². The fourth-order valence-electron chi connectivity index (χ4n) is 2.06. The van der Waals surface area contributed by atoms with Crippen molar-refractivity contribution >= 4 is 5.69 Å². The first kappa shape index (κ1) is 10.7. The van der Waals surface area contributed by atoms with Gasteiger partial charge >= 0.3 is 0 Å². The molecule has 0 amide bonds. The normalized spacial score (nSPS) is 10.4. The van der Waals surface area contributed by atoms with Gasteiger partial charge in [-0.15, -0.1) is 0 Å². The molecule has 2 rings (SSSR count). The van der Waals surface area contributed by atoms with E-state index in [0.29, 0.717) is 0 Å². The number of anilines is 1. The molecule has 0 bridgehead atoms. The summed E-state index contributed by atoms with van der Waals surface area (Å²) in [4.78, 5) is 0. The molecule has 0 aromatic heterocycles. The topological polar surface area (TPSA) is 26.0 Å². The molecule has 1 heteroatoms. The molecular formula is C15H17N. The van der Waals surface area contributed by atoms with Gasteiger partial charge in [-0.1, -0.05) is 35.9 Å². The van der Waals surface area contributed by atoms with Crippen LogP contribution in [-0.4, -0.2) is 0 Å². The molecule has 0 saturated heterocycles. The minimum absolute atomic E-state index is 0.843. The van der Waals surface area contributed by atoms with Crippen LogP contribution in [0, 0.1) is 20.8 Å². The Labute approximate surface area is 96.9 Å². The fourth-order valence-corrected chi connectivity index (χ4v) is 2.06. The minimum atomic E-state index is 0.843. The maximum atomic E-state index is 6.02. The van der Waals surface area contributed by atoms with E-state index in [1.165, 1.54) is 22.3 Å². The summed E-state index contributed by atoms with van der Waals surface area (Å²) in [5.41, 5.74) is 13.1. The number of aryl methyl sites for hydroxylation is 2. The number of nitrogens with two attached hydrogens (primary N) is 1. The van der Waals surface area contributed by atoms with Crippen molar-refractivity contribution in [3.05, 3.63) is 53.1 Å². The summed E-state index contributed by atoms with van der Waals surface area (Å²) in [5, 5.41) is 0. The van der Waals surface area contributed by atoms with E-state index >= 15 is 0 Å². The molecule has 2 N–H and O–H groups in total. The molecule has 0 saturated carbocycles. The first-order chi connectivity index (χ1) is 7.59. The summed E-state index contributed by atoms with van der Waals surface area (Å²) >= 11 is 0. The average Bonchev–Trinajstić information content (AvgIpc) is 2.24. The molecule has 16 heavy (non-hydrogen) atoms. The van der Waals surface area contributed by atoms with E-state index in [2.05, 4.69) is 39.0 Å². The maximum absolute atomic E-state index is 6.02. The predicted octanol–water partition coefficient (Wildman–Crippen LogP) is 3.86. The Bertz CT molecular complexity index is 527. The summed E-state index contributed by atoms with van der Waals surface area (Å²) < 4.78 is 0. The van der Waals surface area contributed by atoms with Gasteiger partial charge in [0, 0.05) is 11.3 Å².